The highest BCUT2D eigenvalue weighted by Gasteiger charge is 2.01. The minimum Gasteiger partial charge on any atom is -0.388 e. The molecule has 0 atom stereocenters. The second-order valence-corrected chi connectivity index (χ2v) is 3.84. The van der Waals surface area contributed by atoms with Gasteiger partial charge in [-0.15, -0.1) is 0 Å². The summed E-state index contributed by atoms with van der Waals surface area (Å²) >= 11 is 0. The van der Waals surface area contributed by atoms with Crippen molar-refractivity contribution in [2.45, 2.75) is 26.7 Å². The number of benzene rings is 1. The van der Waals surface area contributed by atoms with Gasteiger partial charge in [0.15, 0.2) is 5.78 Å². The molecule has 1 N–H and O–H groups in total. The lowest BCUT2D eigenvalue weighted by atomic mass is 10.1. The van der Waals surface area contributed by atoms with E-state index < -0.39 is 0 Å². The van der Waals surface area contributed by atoms with Gasteiger partial charge < -0.3 is 5.32 Å². The number of unbranched alkanes of at least 4 members (excludes halogenated alkanes) is 1. The fourth-order valence-electron chi connectivity index (χ4n) is 1.40. The fraction of sp³-hybridized carbons (Fsp3) is 0.357. The first-order valence-corrected chi connectivity index (χ1v) is 5.75. The van der Waals surface area contributed by atoms with E-state index >= 15 is 0 Å². The molecule has 2 heteroatoms. The van der Waals surface area contributed by atoms with Crippen LogP contribution in [0.25, 0.3) is 0 Å². The highest BCUT2D eigenvalue weighted by atomic mass is 16.1. The van der Waals surface area contributed by atoms with Gasteiger partial charge in [0.25, 0.3) is 0 Å². The molecule has 0 saturated heterocycles. The van der Waals surface area contributed by atoms with Crippen molar-refractivity contribution >= 4 is 5.78 Å². The van der Waals surface area contributed by atoms with Gasteiger partial charge in [0.2, 0.25) is 0 Å². The Bertz CT molecular complexity index is 354. The van der Waals surface area contributed by atoms with E-state index in [1.807, 2.05) is 37.3 Å². The lowest BCUT2D eigenvalue weighted by Crippen LogP contribution is -2.13. The fourth-order valence-corrected chi connectivity index (χ4v) is 1.40. The number of allylic oxidation sites excluding steroid dienone is 2. The number of ketones is 1. The Labute approximate surface area is 97.4 Å². The first-order valence-electron chi connectivity index (χ1n) is 5.75. The molecular weight excluding hydrogens is 198 g/mol. The SMILES string of the molecule is CCCCN/C(C)=C/C(=O)c1ccccc1. The molecule has 0 unspecified atom stereocenters. The van der Waals surface area contributed by atoms with Crippen molar-refractivity contribution in [3.63, 3.8) is 0 Å². The van der Waals surface area contributed by atoms with Gasteiger partial charge in [-0.2, -0.15) is 0 Å². The molecule has 0 fully saturated rings. The van der Waals surface area contributed by atoms with Crippen LogP contribution in [0.1, 0.15) is 37.0 Å². The van der Waals surface area contributed by atoms with E-state index in [1.54, 1.807) is 6.08 Å². The van der Waals surface area contributed by atoms with Gasteiger partial charge in [-0.1, -0.05) is 43.7 Å². The molecule has 86 valence electrons. The third kappa shape index (κ3) is 4.30. The minimum atomic E-state index is 0.0575. The molecule has 0 amide bonds. The molecule has 0 aliphatic carbocycles. The molecule has 16 heavy (non-hydrogen) atoms. The van der Waals surface area contributed by atoms with Crippen LogP contribution in [-0.4, -0.2) is 12.3 Å². The molecule has 0 radical (unpaired) electrons. The smallest absolute Gasteiger partial charge is 0.187 e. The topological polar surface area (TPSA) is 29.1 Å². The first-order chi connectivity index (χ1) is 7.74. The summed E-state index contributed by atoms with van der Waals surface area (Å²) in [5.74, 6) is 0.0575. The van der Waals surface area contributed by atoms with Gasteiger partial charge in [0.05, 0.1) is 0 Å². The van der Waals surface area contributed by atoms with Crippen LogP contribution in [0.2, 0.25) is 0 Å². The predicted molar refractivity (Wildman–Crippen MR) is 67.4 cm³/mol. The Morgan fingerprint density at radius 3 is 2.62 bits per heavy atom. The number of hydrogen-bond donors (Lipinski definition) is 1. The summed E-state index contributed by atoms with van der Waals surface area (Å²) in [6, 6.07) is 9.32. The third-order valence-corrected chi connectivity index (χ3v) is 2.34. The van der Waals surface area contributed by atoms with Crippen molar-refractivity contribution in [1.82, 2.24) is 5.32 Å². The molecule has 0 heterocycles. The number of hydrogen-bond acceptors (Lipinski definition) is 2. The van der Waals surface area contributed by atoms with Crippen molar-refractivity contribution < 1.29 is 4.79 Å². The average Bonchev–Trinajstić information content (AvgIpc) is 2.30. The molecular formula is C14H19NO. The van der Waals surface area contributed by atoms with Crippen molar-refractivity contribution in [3.8, 4) is 0 Å². The highest BCUT2D eigenvalue weighted by molar-refractivity contribution is 6.04. The van der Waals surface area contributed by atoms with E-state index in [4.69, 9.17) is 0 Å². The molecule has 0 bridgehead atoms. The quantitative estimate of drug-likeness (QED) is 0.450. The van der Waals surface area contributed by atoms with Crippen LogP contribution in [0.5, 0.6) is 0 Å². The summed E-state index contributed by atoms with van der Waals surface area (Å²) in [5, 5.41) is 3.22. The number of carbonyl (C=O) groups excluding carboxylic acids is 1. The van der Waals surface area contributed by atoms with Gasteiger partial charge in [-0.25, -0.2) is 0 Å². The zero-order valence-corrected chi connectivity index (χ0v) is 9.99. The Kier molecular flexibility index (Phi) is 5.34. The monoisotopic (exact) mass is 217 g/mol. The van der Waals surface area contributed by atoms with Gasteiger partial charge in [0, 0.05) is 23.9 Å². The second-order valence-electron chi connectivity index (χ2n) is 3.84. The number of nitrogens with one attached hydrogen (secondary N) is 1. The van der Waals surface area contributed by atoms with E-state index in [1.165, 1.54) is 0 Å². The molecule has 0 saturated carbocycles. The summed E-state index contributed by atoms with van der Waals surface area (Å²) in [5.41, 5.74) is 1.67. The van der Waals surface area contributed by atoms with Gasteiger partial charge >= 0.3 is 0 Å². The van der Waals surface area contributed by atoms with Crippen LogP contribution < -0.4 is 5.32 Å². The van der Waals surface area contributed by atoms with Gasteiger partial charge in [-0.05, 0) is 13.3 Å². The molecule has 0 spiro atoms. The zero-order valence-electron chi connectivity index (χ0n) is 9.99. The molecule has 0 aliphatic rings. The summed E-state index contributed by atoms with van der Waals surface area (Å²) < 4.78 is 0. The lowest BCUT2D eigenvalue weighted by molar-refractivity contribution is 0.104. The summed E-state index contributed by atoms with van der Waals surface area (Å²) in [4.78, 5) is 11.8. The maximum absolute atomic E-state index is 11.8. The normalized spacial score (nSPS) is 11.2. The third-order valence-electron chi connectivity index (χ3n) is 2.34. The average molecular weight is 217 g/mol. The molecule has 0 aliphatic heterocycles. The molecule has 1 aromatic carbocycles. The molecule has 1 aromatic rings. The maximum atomic E-state index is 11.8. The number of rotatable bonds is 6. The molecule has 2 nitrogen and oxygen atoms in total. The van der Waals surface area contributed by atoms with Crippen molar-refractivity contribution in [3.05, 3.63) is 47.7 Å². The van der Waals surface area contributed by atoms with Crippen LogP contribution in [-0.2, 0) is 0 Å². The lowest BCUT2D eigenvalue weighted by Gasteiger charge is -2.04. The van der Waals surface area contributed by atoms with Crippen molar-refractivity contribution in [2.75, 3.05) is 6.54 Å². The largest absolute Gasteiger partial charge is 0.388 e. The molecule has 0 aromatic heterocycles. The molecule has 1 rings (SSSR count). The van der Waals surface area contributed by atoms with Crippen LogP contribution in [0.4, 0.5) is 0 Å². The summed E-state index contributed by atoms with van der Waals surface area (Å²) in [6.07, 6.45) is 3.95. The van der Waals surface area contributed by atoms with Crippen molar-refractivity contribution in [2.24, 2.45) is 0 Å². The minimum absolute atomic E-state index is 0.0575. The Morgan fingerprint density at radius 1 is 1.31 bits per heavy atom. The summed E-state index contributed by atoms with van der Waals surface area (Å²) in [6.45, 7) is 5.01. The zero-order chi connectivity index (χ0) is 11.8. The van der Waals surface area contributed by atoms with E-state index in [2.05, 4.69) is 12.2 Å². The second kappa shape index (κ2) is 6.83. The Balaban J connectivity index is 2.52. The predicted octanol–water partition coefficient (Wildman–Crippen LogP) is 3.16. The Morgan fingerprint density at radius 2 is 2.00 bits per heavy atom. The van der Waals surface area contributed by atoms with Gasteiger partial charge in [0.1, 0.15) is 0 Å². The van der Waals surface area contributed by atoms with Crippen molar-refractivity contribution in [1.29, 1.82) is 0 Å². The standard InChI is InChI=1S/C14H19NO/c1-3-4-10-15-12(2)11-14(16)13-8-6-5-7-9-13/h5-9,11,15H,3-4,10H2,1-2H3/b12-11+. The Hall–Kier alpha value is -1.57. The highest BCUT2D eigenvalue weighted by Crippen LogP contribution is 2.02. The summed E-state index contributed by atoms with van der Waals surface area (Å²) in [7, 11) is 0. The van der Waals surface area contributed by atoms with Crippen LogP contribution >= 0.6 is 0 Å². The first kappa shape index (κ1) is 12.5. The van der Waals surface area contributed by atoms with Gasteiger partial charge in [-0.3, -0.25) is 4.79 Å². The van der Waals surface area contributed by atoms with Crippen LogP contribution in [0.15, 0.2) is 42.1 Å². The van der Waals surface area contributed by atoms with E-state index in [0.717, 1.165) is 30.6 Å². The number of carbonyl (C=O) groups is 1. The van der Waals surface area contributed by atoms with Crippen LogP contribution in [0, 0.1) is 0 Å². The van der Waals surface area contributed by atoms with E-state index in [0.29, 0.717) is 0 Å². The van der Waals surface area contributed by atoms with E-state index in [-0.39, 0.29) is 5.78 Å². The van der Waals surface area contributed by atoms with E-state index in [9.17, 15) is 4.79 Å². The van der Waals surface area contributed by atoms with Crippen LogP contribution in [0.3, 0.4) is 0 Å². The maximum Gasteiger partial charge on any atom is 0.187 e.